The first-order valence-corrected chi connectivity index (χ1v) is 5.50. The molecule has 0 saturated heterocycles. The van der Waals surface area contributed by atoms with Gasteiger partial charge in [0.25, 0.3) is 5.91 Å². The highest BCUT2D eigenvalue weighted by molar-refractivity contribution is 9.10. The van der Waals surface area contributed by atoms with Crippen molar-refractivity contribution in [3.05, 3.63) is 28.2 Å². The molecule has 1 aromatic rings. The van der Waals surface area contributed by atoms with Crippen molar-refractivity contribution >= 4 is 21.8 Å². The van der Waals surface area contributed by atoms with Gasteiger partial charge in [-0.3, -0.25) is 4.79 Å². The molecule has 4 heteroatoms. The summed E-state index contributed by atoms with van der Waals surface area (Å²) in [5.41, 5.74) is 6.16. The van der Waals surface area contributed by atoms with E-state index in [1.54, 1.807) is 0 Å². The lowest BCUT2D eigenvalue weighted by Crippen LogP contribution is -2.20. The normalized spacial score (nSPS) is 10.4. The van der Waals surface area contributed by atoms with Crippen LogP contribution in [0.15, 0.2) is 22.7 Å². The van der Waals surface area contributed by atoms with Crippen molar-refractivity contribution in [3.8, 4) is 5.75 Å². The number of amides is 1. The number of benzene rings is 1. The Hall–Kier alpha value is -1.03. The molecule has 0 spiro atoms. The molecule has 3 nitrogen and oxygen atoms in total. The lowest BCUT2D eigenvalue weighted by molar-refractivity contribution is -0.119. The summed E-state index contributed by atoms with van der Waals surface area (Å²) in [6.45, 7) is 4.10. The van der Waals surface area contributed by atoms with Crippen LogP contribution in [0.25, 0.3) is 0 Å². The molecule has 0 saturated carbocycles. The summed E-state index contributed by atoms with van der Waals surface area (Å²) in [6, 6.07) is 5.76. The molecular formula is C11H14BrNO2. The summed E-state index contributed by atoms with van der Waals surface area (Å²) >= 11 is 3.39. The summed E-state index contributed by atoms with van der Waals surface area (Å²) in [7, 11) is 0. The average Bonchev–Trinajstić information content (AvgIpc) is 2.13. The molecule has 0 atom stereocenters. The Labute approximate surface area is 97.7 Å². The van der Waals surface area contributed by atoms with Crippen LogP contribution in [-0.4, -0.2) is 12.5 Å². The predicted molar refractivity (Wildman–Crippen MR) is 62.9 cm³/mol. The molecule has 0 aliphatic heterocycles. The molecule has 0 radical (unpaired) electrons. The maximum absolute atomic E-state index is 10.6. The SMILES string of the molecule is CC(C)c1cc(Br)cc(OCC(N)=O)c1. The number of hydrogen-bond acceptors (Lipinski definition) is 2. The summed E-state index contributed by atoms with van der Waals surface area (Å²) in [5.74, 6) is 0.603. The van der Waals surface area contributed by atoms with Crippen molar-refractivity contribution in [1.82, 2.24) is 0 Å². The van der Waals surface area contributed by atoms with Gasteiger partial charge < -0.3 is 10.5 Å². The monoisotopic (exact) mass is 271 g/mol. The number of primary amides is 1. The Morgan fingerprint density at radius 3 is 2.67 bits per heavy atom. The predicted octanol–water partition coefficient (Wildman–Crippen LogP) is 2.44. The zero-order valence-electron chi connectivity index (χ0n) is 8.79. The lowest BCUT2D eigenvalue weighted by atomic mass is 10.0. The van der Waals surface area contributed by atoms with Gasteiger partial charge in [-0.2, -0.15) is 0 Å². The van der Waals surface area contributed by atoms with Gasteiger partial charge in [0.1, 0.15) is 5.75 Å². The first kappa shape index (κ1) is 12.0. The molecule has 1 rings (SSSR count). The van der Waals surface area contributed by atoms with Crippen molar-refractivity contribution < 1.29 is 9.53 Å². The number of rotatable bonds is 4. The van der Waals surface area contributed by atoms with Gasteiger partial charge in [0.05, 0.1) is 0 Å². The average molecular weight is 272 g/mol. The highest BCUT2D eigenvalue weighted by Crippen LogP contribution is 2.25. The van der Waals surface area contributed by atoms with Crippen molar-refractivity contribution in [2.45, 2.75) is 19.8 Å². The minimum atomic E-state index is -0.471. The third kappa shape index (κ3) is 3.91. The van der Waals surface area contributed by atoms with Crippen LogP contribution in [0.2, 0.25) is 0 Å². The van der Waals surface area contributed by atoms with Gasteiger partial charge >= 0.3 is 0 Å². The highest BCUT2D eigenvalue weighted by atomic mass is 79.9. The van der Waals surface area contributed by atoms with Gasteiger partial charge in [0.2, 0.25) is 0 Å². The van der Waals surface area contributed by atoms with E-state index in [9.17, 15) is 4.79 Å². The van der Waals surface area contributed by atoms with E-state index in [0.717, 1.165) is 10.0 Å². The smallest absolute Gasteiger partial charge is 0.255 e. The van der Waals surface area contributed by atoms with E-state index in [1.165, 1.54) is 0 Å². The van der Waals surface area contributed by atoms with Gasteiger partial charge in [0, 0.05) is 4.47 Å². The van der Waals surface area contributed by atoms with E-state index < -0.39 is 5.91 Å². The first-order valence-electron chi connectivity index (χ1n) is 4.70. The number of hydrogen-bond donors (Lipinski definition) is 1. The molecule has 0 aromatic heterocycles. The second-order valence-corrected chi connectivity index (χ2v) is 4.55. The third-order valence-electron chi connectivity index (χ3n) is 1.94. The highest BCUT2D eigenvalue weighted by Gasteiger charge is 2.04. The molecule has 0 fully saturated rings. The van der Waals surface area contributed by atoms with Gasteiger partial charge in [-0.15, -0.1) is 0 Å². The molecule has 0 bridgehead atoms. The Balaban J connectivity index is 2.84. The molecular weight excluding hydrogens is 258 g/mol. The molecule has 0 unspecified atom stereocenters. The van der Waals surface area contributed by atoms with Gasteiger partial charge in [-0.25, -0.2) is 0 Å². The molecule has 82 valence electrons. The van der Waals surface area contributed by atoms with Crippen molar-refractivity contribution in [1.29, 1.82) is 0 Å². The molecule has 15 heavy (non-hydrogen) atoms. The van der Waals surface area contributed by atoms with E-state index in [2.05, 4.69) is 29.8 Å². The number of carbonyl (C=O) groups excluding carboxylic acids is 1. The fraction of sp³-hybridized carbons (Fsp3) is 0.364. The van der Waals surface area contributed by atoms with Crippen LogP contribution in [-0.2, 0) is 4.79 Å². The Kier molecular flexibility index (Phi) is 4.15. The van der Waals surface area contributed by atoms with Crippen LogP contribution in [0.5, 0.6) is 5.75 Å². The zero-order valence-corrected chi connectivity index (χ0v) is 10.4. The van der Waals surface area contributed by atoms with Crippen molar-refractivity contribution in [3.63, 3.8) is 0 Å². The number of halogens is 1. The maximum atomic E-state index is 10.6. The van der Waals surface area contributed by atoms with Gasteiger partial charge in [-0.05, 0) is 29.7 Å². The zero-order chi connectivity index (χ0) is 11.4. The second kappa shape index (κ2) is 5.16. The first-order chi connectivity index (χ1) is 6.99. The summed E-state index contributed by atoms with van der Waals surface area (Å²) in [4.78, 5) is 10.6. The summed E-state index contributed by atoms with van der Waals surface area (Å²) < 4.78 is 6.17. The Morgan fingerprint density at radius 2 is 2.13 bits per heavy atom. The fourth-order valence-corrected chi connectivity index (χ4v) is 1.65. The second-order valence-electron chi connectivity index (χ2n) is 3.63. The van der Waals surface area contributed by atoms with Crippen LogP contribution in [0, 0.1) is 0 Å². The van der Waals surface area contributed by atoms with Crippen LogP contribution in [0.1, 0.15) is 25.3 Å². The number of nitrogens with two attached hydrogens (primary N) is 1. The van der Waals surface area contributed by atoms with Crippen LogP contribution in [0.3, 0.4) is 0 Å². The lowest BCUT2D eigenvalue weighted by Gasteiger charge is -2.10. The largest absolute Gasteiger partial charge is 0.484 e. The summed E-state index contributed by atoms with van der Waals surface area (Å²) in [5, 5.41) is 0. The number of carbonyl (C=O) groups is 1. The molecule has 0 heterocycles. The van der Waals surface area contributed by atoms with E-state index in [4.69, 9.17) is 10.5 Å². The van der Waals surface area contributed by atoms with Crippen molar-refractivity contribution in [2.75, 3.05) is 6.61 Å². The van der Waals surface area contributed by atoms with Gasteiger partial charge in [-0.1, -0.05) is 29.8 Å². The van der Waals surface area contributed by atoms with E-state index in [1.807, 2.05) is 18.2 Å². The fourth-order valence-electron chi connectivity index (χ4n) is 1.16. The van der Waals surface area contributed by atoms with Crippen LogP contribution in [0.4, 0.5) is 0 Å². The van der Waals surface area contributed by atoms with Crippen LogP contribution < -0.4 is 10.5 Å². The molecule has 1 amide bonds. The topological polar surface area (TPSA) is 52.3 Å². The minimum absolute atomic E-state index is 0.0893. The standard InChI is InChI=1S/C11H14BrNO2/c1-7(2)8-3-9(12)5-10(4-8)15-6-11(13)14/h3-5,7H,6H2,1-2H3,(H2,13,14). The van der Waals surface area contributed by atoms with Crippen molar-refractivity contribution in [2.24, 2.45) is 5.73 Å². The number of ether oxygens (including phenoxy) is 1. The minimum Gasteiger partial charge on any atom is -0.484 e. The molecule has 0 aliphatic carbocycles. The van der Waals surface area contributed by atoms with E-state index in [0.29, 0.717) is 11.7 Å². The Morgan fingerprint density at radius 1 is 1.47 bits per heavy atom. The quantitative estimate of drug-likeness (QED) is 0.915. The maximum Gasteiger partial charge on any atom is 0.255 e. The third-order valence-corrected chi connectivity index (χ3v) is 2.40. The molecule has 2 N–H and O–H groups in total. The summed E-state index contributed by atoms with van der Waals surface area (Å²) in [6.07, 6.45) is 0. The Bertz CT molecular complexity index is 364. The van der Waals surface area contributed by atoms with E-state index >= 15 is 0 Å². The molecule has 1 aromatic carbocycles. The molecule has 0 aliphatic rings. The van der Waals surface area contributed by atoms with Gasteiger partial charge in [0.15, 0.2) is 6.61 Å². The van der Waals surface area contributed by atoms with Crippen LogP contribution >= 0.6 is 15.9 Å². The van der Waals surface area contributed by atoms with E-state index in [-0.39, 0.29) is 6.61 Å².